The van der Waals surface area contributed by atoms with Gasteiger partial charge in [0, 0.05) is 37.3 Å². The van der Waals surface area contributed by atoms with Crippen LogP contribution in [0.1, 0.15) is 31.0 Å². The molecule has 1 heterocycles. The third-order valence-electron chi connectivity index (χ3n) is 3.68. The molecular formula is C13H22N4O2. The average Bonchev–Trinajstić information content (AvgIpc) is 3.11. The van der Waals surface area contributed by atoms with E-state index in [-0.39, 0.29) is 18.1 Å². The Morgan fingerprint density at radius 1 is 1.53 bits per heavy atom. The van der Waals surface area contributed by atoms with Crippen LogP contribution in [0.4, 0.5) is 4.79 Å². The Morgan fingerprint density at radius 2 is 2.26 bits per heavy atom. The minimum atomic E-state index is -0.189. The number of aliphatic hydroxyl groups is 1. The minimum absolute atomic E-state index is 0.0553. The van der Waals surface area contributed by atoms with E-state index in [4.69, 9.17) is 5.11 Å². The van der Waals surface area contributed by atoms with Crippen molar-refractivity contribution in [3.8, 4) is 0 Å². The van der Waals surface area contributed by atoms with Crippen molar-refractivity contribution in [2.24, 2.45) is 12.5 Å². The summed E-state index contributed by atoms with van der Waals surface area (Å²) in [7, 11) is 1.88. The largest absolute Gasteiger partial charge is 0.396 e. The number of carbonyl (C=O) groups excluding carboxylic acids is 1. The Kier molecular flexibility index (Phi) is 4.09. The molecule has 3 N–H and O–H groups in total. The summed E-state index contributed by atoms with van der Waals surface area (Å²) in [6.07, 6.45) is 4.76. The first-order chi connectivity index (χ1) is 9.08. The van der Waals surface area contributed by atoms with Gasteiger partial charge < -0.3 is 15.7 Å². The normalized spacial score (nSPS) is 16.2. The van der Waals surface area contributed by atoms with Gasteiger partial charge in [0.25, 0.3) is 0 Å². The van der Waals surface area contributed by atoms with Crippen LogP contribution in [-0.4, -0.2) is 34.1 Å². The lowest BCUT2D eigenvalue weighted by molar-refractivity contribution is 0.203. The first kappa shape index (κ1) is 13.9. The van der Waals surface area contributed by atoms with Gasteiger partial charge in [0.15, 0.2) is 0 Å². The van der Waals surface area contributed by atoms with Crippen molar-refractivity contribution in [3.63, 3.8) is 0 Å². The number of nitrogens with one attached hydrogen (secondary N) is 2. The van der Waals surface area contributed by atoms with Gasteiger partial charge in [0.1, 0.15) is 0 Å². The number of rotatable bonds is 6. The first-order valence-electron chi connectivity index (χ1n) is 6.72. The molecule has 0 saturated heterocycles. The maximum absolute atomic E-state index is 11.7. The predicted molar refractivity (Wildman–Crippen MR) is 71.6 cm³/mol. The number of hydrogen-bond donors (Lipinski definition) is 3. The average molecular weight is 266 g/mol. The molecule has 6 nitrogen and oxygen atoms in total. The molecular weight excluding hydrogens is 244 g/mol. The maximum atomic E-state index is 11.7. The molecule has 1 saturated carbocycles. The minimum Gasteiger partial charge on any atom is -0.396 e. The van der Waals surface area contributed by atoms with Crippen LogP contribution >= 0.6 is 0 Å². The van der Waals surface area contributed by atoms with Gasteiger partial charge in [-0.3, -0.25) is 4.68 Å². The second-order valence-corrected chi connectivity index (χ2v) is 5.32. The lowest BCUT2D eigenvalue weighted by Gasteiger charge is -2.13. The molecule has 6 heteroatoms. The fourth-order valence-electron chi connectivity index (χ4n) is 2.10. The van der Waals surface area contributed by atoms with Crippen molar-refractivity contribution in [1.82, 2.24) is 20.4 Å². The summed E-state index contributed by atoms with van der Waals surface area (Å²) in [6.45, 7) is 3.22. The molecule has 0 unspecified atom stereocenters. The number of aromatic nitrogens is 2. The van der Waals surface area contributed by atoms with Gasteiger partial charge in [0.05, 0.1) is 12.3 Å². The molecule has 0 aliphatic heterocycles. The third-order valence-corrected chi connectivity index (χ3v) is 3.68. The smallest absolute Gasteiger partial charge is 0.315 e. The molecule has 1 aromatic heterocycles. The number of nitrogens with zero attached hydrogens (tertiary/aromatic N) is 2. The van der Waals surface area contributed by atoms with Crippen molar-refractivity contribution in [1.29, 1.82) is 0 Å². The highest BCUT2D eigenvalue weighted by Gasteiger charge is 2.42. The first-order valence-corrected chi connectivity index (χ1v) is 6.72. The molecule has 2 rings (SSSR count). The van der Waals surface area contributed by atoms with E-state index in [0.717, 1.165) is 30.5 Å². The van der Waals surface area contributed by atoms with Crippen LogP contribution in [-0.2, 0) is 20.0 Å². The summed E-state index contributed by atoms with van der Waals surface area (Å²) >= 11 is 0. The fraction of sp³-hybridized carbons (Fsp3) is 0.692. The van der Waals surface area contributed by atoms with Gasteiger partial charge >= 0.3 is 6.03 Å². The van der Waals surface area contributed by atoms with Gasteiger partial charge in [-0.2, -0.15) is 5.10 Å². The Morgan fingerprint density at radius 3 is 2.84 bits per heavy atom. The monoisotopic (exact) mass is 266 g/mol. The summed E-state index contributed by atoms with van der Waals surface area (Å²) in [5, 5.41) is 19.1. The van der Waals surface area contributed by atoms with Crippen LogP contribution in [0.2, 0.25) is 0 Å². The number of amides is 2. The van der Waals surface area contributed by atoms with Crippen LogP contribution in [0, 0.1) is 5.41 Å². The summed E-state index contributed by atoms with van der Waals surface area (Å²) in [5.41, 5.74) is 2.00. The lowest BCUT2D eigenvalue weighted by atomic mass is 10.1. The van der Waals surface area contributed by atoms with Crippen LogP contribution in [0.3, 0.4) is 0 Å². The van der Waals surface area contributed by atoms with E-state index in [1.54, 1.807) is 4.68 Å². The zero-order chi connectivity index (χ0) is 13.9. The third kappa shape index (κ3) is 3.47. The van der Waals surface area contributed by atoms with Crippen molar-refractivity contribution in [2.45, 2.75) is 32.7 Å². The summed E-state index contributed by atoms with van der Waals surface area (Å²) < 4.78 is 1.76. The van der Waals surface area contributed by atoms with Crippen LogP contribution in [0.15, 0.2) is 6.20 Å². The summed E-state index contributed by atoms with van der Waals surface area (Å²) in [5.74, 6) is 0. The second kappa shape index (κ2) is 5.61. The summed E-state index contributed by atoms with van der Waals surface area (Å²) in [4.78, 5) is 11.7. The maximum Gasteiger partial charge on any atom is 0.315 e. The number of aliphatic hydroxyl groups excluding tert-OH is 1. The standard InChI is InChI=1S/C13H22N4O2/c1-3-11-10(7-17(2)16-11)6-14-12(19)15-8-13(9-18)4-5-13/h7,18H,3-6,8-9H2,1-2H3,(H2,14,15,19). The van der Waals surface area contributed by atoms with Gasteiger partial charge in [-0.1, -0.05) is 6.92 Å². The molecule has 0 aromatic carbocycles. The van der Waals surface area contributed by atoms with E-state index in [2.05, 4.69) is 15.7 Å². The Bertz CT molecular complexity index is 451. The molecule has 0 atom stereocenters. The molecule has 1 aliphatic rings. The molecule has 1 aromatic rings. The van der Waals surface area contributed by atoms with E-state index in [1.165, 1.54) is 0 Å². The molecule has 0 spiro atoms. The highest BCUT2D eigenvalue weighted by molar-refractivity contribution is 5.73. The van der Waals surface area contributed by atoms with Crippen molar-refractivity contribution < 1.29 is 9.90 Å². The van der Waals surface area contributed by atoms with E-state index < -0.39 is 0 Å². The fourth-order valence-corrected chi connectivity index (χ4v) is 2.10. The van der Waals surface area contributed by atoms with E-state index in [0.29, 0.717) is 13.1 Å². The number of carbonyl (C=O) groups is 1. The predicted octanol–water partition coefficient (Wildman–Crippen LogP) is 0.554. The molecule has 0 bridgehead atoms. The number of aryl methyl sites for hydroxylation is 2. The molecule has 1 fully saturated rings. The molecule has 0 radical (unpaired) electrons. The highest BCUT2D eigenvalue weighted by atomic mass is 16.3. The molecule has 1 aliphatic carbocycles. The van der Waals surface area contributed by atoms with Gasteiger partial charge in [-0.05, 0) is 19.3 Å². The highest BCUT2D eigenvalue weighted by Crippen LogP contribution is 2.44. The molecule has 19 heavy (non-hydrogen) atoms. The SMILES string of the molecule is CCc1nn(C)cc1CNC(=O)NCC1(CO)CC1. The Hall–Kier alpha value is -1.56. The van der Waals surface area contributed by atoms with E-state index in [9.17, 15) is 4.79 Å². The number of hydrogen-bond acceptors (Lipinski definition) is 3. The summed E-state index contributed by atoms with van der Waals surface area (Å²) in [6, 6.07) is -0.189. The van der Waals surface area contributed by atoms with Gasteiger partial charge in [-0.25, -0.2) is 4.79 Å². The van der Waals surface area contributed by atoms with E-state index >= 15 is 0 Å². The van der Waals surface area contributed by atoms with Crippen LogP contribution in [0.5, 0.6) is 0 Å². The Labute approximate surface area is 113 Å². The van der Waals surface area contributed by atoms with Crippen molar-refractivity contribution >= 4 is 6.03 Å². The Balaban J connectivity index is 1.76. The van der Waals surface area contributed by atoms with Crippen molar-refractivity contribution in [2.75, 3.05) is 13.2 Å². The number of urea groups is 1. The van der Waals surface area contributed by atoms with Crippen LogP contribution in [0.25, 0.3) is 0 Å². The van der Waals surface area contributed by atoms with Crippen LogP contribution < -0.4 is 10.6 Å². The topological polar surface area (TPSA) is 79.2 Å². The van der Waals surface area contributed by atoms with E-state index in [1.807, 2.05) is 20.2 Å². The van der Waals surface area contributed by atoms with Gasteiger partial charge in [-0.15, -0.1) is 0 Å². The quantitative estimate of drug-likeness (QED) is 0.703. The van der Waals surface area contributed by atoms with Gasteiger partial charge in [0.2, 0.25) is 0 Å². The second-order valence-electron chi connectivity index (χ2n) is 5.32. The molecule has 106 valence electrons. The lowest BCUT2D eigenvalue weighted by Crippen LogP contribution is -2.39. The zero-order valence-electron chi connectivity index (χ0n) is 11.6. The molecule has 2 amide bonds. The van der Waals surface area contributed by atoms with Crippen molar-refractivity contribution in [3.05, 3.63) is 17.5 Å². The zero-order valence-corrected chi connectivity index (χ0v) is 11.6.